The van der Waals surface area contributed by atoms with Crippen LogP contribution in [0.15, 0.2) is 23.1 Å². The van der Waals surface area contributed by atoms with Crippen molar-refractivity contribution in [2.75, 3.05) is 18.4 Å². The van der Waals surface area contributed by atoms with Crippen LogP contribution in [0.25, 0.3) is 10.2 Å². The maximum atomic E-state index is 12.7. The number of fused-ring (bicyclic) bond motifs is 1. The lowest BCUT2D eigenvalue weighted by Crippen LogP contribution is -2.46. The van der Waals surface area contributed by atoms with E-state index in [1.807, 2.05) is 13.8 Å². The first-order chi connectivity index (χ1) is 13.2. The first-order valence-electron chi connectivity index (χ1n) is 9.17. The van der Waals surface area contributed by atoms with Gasteiger partial charge in [-0.25, -0.2) is 13.4 Å². The molecule has 8 nitrogen and oxygen atoms in total. The van der Waals surface area contributed by atoms with Gasteiger partial charge in [0.1, 0.15) is 6.04 Å². The Balaban J connectivity index is 1.82. The SMILES string of the molecule is CC(=O)NC(C(=O)Nc1nc2ccc(S(=O)(=O)N3CCCC3)cc2s1)C(C)C. The van der Waals surface area contributed by atoms with Crippen LogP contribution >= 0.6 is 11.3 Å². The van der Waals surface area contributed by atoms with Gasteiger partial charge in [0.25, 0.3) is 0 Å². The Bertz CT molecular complexity index is 994. The topological polar surface area (TPSA) is 108 Å². The second-order valence-corrected chi connectivity index (χ2v) is 10.1. The predicted molar refractivity (Wildman–Crippen MR) is 109 cm³/mol. The summed E-state index contributed by atoms with van der Waals surface area (Å²) in [6.07, 6.45) is 1.76. The highest BCUT2D eigenvalue weighted by atomic mass is 32.2. The second-order valence-electron chi connectivity index (χ2n) is 7.17. The van der Waals surface area contributed by atoms with Crippen LogP contribution in [-0.2, 0) is 19.6 Å². The van der Waals surface area contributed by atoms with E-state index < -0.39 is 16.1 Å². The van der Waals surface area contributed by atoms with Crippen LogP contribution in [-0.4, -0.2) is 48.7 Å². The molecule has 1 aromatic carbocycles. The van der Waals surface area contributed by atoms with Gasteiger partial charge in [0.05, 0.1) is 15.1 Å². The molecule has 0 saturated carbocycles. The molecule has 1 saturated heterocycles. The molecule has 1 fully saturated rings. The first kappa shape index (κ1) is 20.7. The van der Waals surface area contributed by atoms with E-state index in [0.29, 0.717) is 28.4 Å². The number of hydrogen-bond acceptors (Lipinski definition) is 6. The molecule has 1 aliphatic heterocycles. The Hall–Kier alpha value is -2.04. The van der Waals surface area contributed by atoms with E-state index in [1.54, 1.807) is 18.2 Å². The van der Waals surface area contributed by atoms with Crippen molar-refractivity contribution in [1.82, 2.24) is 14.6 Å². The average Bonchev–Trinajstić information content (AvgIpc) is 3.27. The maximum Gasteiger partial charge on any atom is 0.248 e. The van der Waals surface area contributed by atoms with Crippen molar-refractivity contribution in [3.05, 3.63) is 18.2 Å². The third-order valence-electron chi connectivity index (χ3n) is 4.60. The van der Waals surface area contributed by atoms with E-state index in [-0.39, 0.29) is 22.6 Å². The number of sulfonamides is 1. The van der Waals surface area contributed by atoms with Crippen molar-refractivity contribution >= 4 is 48.5 Å². The van der Waals surface area contributed by atoms with Gasteiger partial charge < -0.3 is 10.6 Å². The fourth-order valence-electron chi connectivity index (χ4n) is 3.13. The molecule has 0 bridgehead atoms. The van der Waals surface area contributed by atoms with Crippen molar-refractivity contribution in [1.29, 1.82) is 0 Å². The van der Waals surface area contributed by atoms with Crippen LogP contribution < -0.4 is 10.6 Å². The molecule has 152 valence electrons. The van der Waals surface area contributed by atoms with Crippen molar-refractivity contribution in [3.8, 4) is 0 Å². The molecule has 2 amide bonds. The zero-order chi connectivity index (χ0) is 20.5. The predicted octanol–water partition coefficient (Wildman–Crippen LogP) is 2.18. The summed E-state index contributed by atoms with van der Waals surface area (Å²) in [6.45, 7) is 6.14. The summed E-state index contributed by atoms with van der Waals surface area (Å²) in [5.41, 5.74) is 0.612. The lowest BCUT2D eigenvalue weighted by molar-refractivity contribution is -0.126. The Morgan fingerprint density at radius 2 is 1.89 bits per heavy atom. The number of nitrogens with one attached hydrogen (secondary N) is 2. The molecule has 2 heterocycles. The van der Waals surface area contributed by atoms with Crippen LogP contribution in [0.2, 0.25) is 0 Å². The fraction of sp³-hybridized carbons (Fsp3) is 0.500. The van der Waals surface area contributed by atoms with E-state index in [2.05, 4.69) is 15.6 Å². The Morgan fingerprint density at radius 3 is 2.50 bits per heavy atom. The molecule has 0 aliphatic carbocycles. The van der Waals surface area contributed by atoms with E-state index in [4.69, 9.17) is 0 Å². The quantitative estimate of drug-likeness (QED) is 0.739. The second kappa shape index (κ2) is 8.14. The summed E-state index contributed by atoms with van der Waals surface area (Å²) in [5.74, 6) is -0.723. The number of hydrogen-bond donors (Lipinski definition) is 2. The van der Waals surface area contributed by atoms with Crippen LogP contribution in [0.5, 0.6) is 0 Å². The van der Waals surface area contributed by atoms with Crippen LogP contribution in [0.3, 0.4) is 0 Å². The standard InChI is InChI=1S/C18H24N4O4S2/c1-11(2)16(19-12(3)23)17(24)21-18-20-14-7-6-13(10-15(14)27-18)28(25,26)22-8-4-5-9-22/h6-7,10-11,16H,4-5,8-9H2,1-3H3,(H,19,23)(H,20,21,24). The molecular formula is C18H24N4O4S2. The number of aromatic nitrogens is 1. The summed E-state index contributed by atoms with van der Waals surface area (Å²) in [5, 5.41) is 5.73. The lowest BCUT2D eigenvalue weighted by Gasteiger charge is -2.19. The van der Waals surface area contributed by atoms with Gasteiger partial charge in [0, 0.05) is 20.0 Å². The third kappa shape index (κ3) is 4.34. The molecule has 1 unspecified atom stereocenters. The minimum Gasteiger partial charge on any atom is -0.344 e. The van der Waals surface area contributed by atoms with Crippen molar-refractivity contribution in [2.24, 2.45) is 5.92 Å². The molecule has 10 heteroatoms. The molecule has 1 aromatic heterocycles. The Morgan fingerprint density at radius 1 is 1.21 bits per heavy atom. The van der Waals surface area contributed by atoms with Crippen LogP contribution in [0, 0.1) is 5.92 Å². The van der Waals surface area contributed by atoms with Gasteiger partial charge in [-0.2, -0.15) is 4.31 Å². The number of rotatable bonds is 6. The summed E-state index contributed by atoms with van der Waals surface area (Å²) in [4.78, 5) is 28.4. The highest BCUT2D eigenvalue weighted by Gasteiger charge is 2.28. The molecule has 1 atom stereocenters. The van der Waals surface area contributed by atoms with Gasteiger partial charge in [-0.05, 0) is 37.0 Å². The van der Waals surface area contributed by atoms with Crippen molar-refractivity contribution in [2.45, 2.75) is 44.6 Å². The molecule has 28 heavy (non-hydrogen) atoms. The molecule has 0 spiro atoms. The number of benzene rings is 1. The van der Waals surface area contributed by atoms with Gasteiger partial charge >= 0.3 is 0 Å². The molecule has 0 radical (unpaired) electrons. The zero-order valence-electron chi connectivity index (χ0n) is 16.1. The molecule has 3 rings (SSSR count). The zero-order valence-corrected chi connectivity index (χ0v) is 17.7. The summed E-state index contributed by atoms with van der Waals surface area (Å²) < 4.78 is 27.6. The molecular weight excluding hydrogens is 400 g/mol. The first-order valence-corrected chi connectivity index (χ1v) is 11.4. The third-order valence-corrected chi connectivity index (χ3v) is 7.43. The minimum atomic E-state index is -3.50. The fourth-order valence-corrected chi connectivity index (χ4v) is 5.66. The van der Waals surface area contributed by atoms with Gasteiger partial charge in [0.15, 0.2) is 5.13 Å². The van der Waals surface area contributed by atoms with E-state index in [0.717, 1.165) is 12.8 Å². The molecule has 2 N–H and O–H groups in total. The Labute approximate surface area is 168 Å². The normalized spacial score (nSPS) is 16.4. The van der Waals surface area contributed by atoms with Gasteiger partial charge in [-0.15, -0.1) is 0 Å². The highest BCUT2D eigenvalue weighted by molar-refractivity contribution is 7.89. The van der Waals surface area contributed by atoms with E-state index in [9.17, 15) is 18.0 Å². The van der Waals surface area contributed by atoms with Crippen LogP contribution in [0.4, 0.5) is 5.13 Å². The van der Waals surface area contributed by atoms with E-state index >= 15 is 0 Å². The number of nitrogens with zero attached hydrogens (tertiary/aromatic N) is 2. The van der Waals surface area contributed by atoms with Crippen molar-refractivity contribution < 1.29 is 18.0 Å². The molecule has 2 aromatic rings. The number of carbonyl (C=O) groups excluding carboxylic acids is 2. The highest BCUT2D eigenvalue weighted by Crippen LogP contribution is 2.30. The number of anilines is 1. The minimum absolute atomic E-state index is 0.0875. The van der Waals surface area contributed by atoms with Gasteiger partial charge in [0.2, 0.25) is 21.8 Å². The van der Waals surface area contributed by atoms with Gasteiger partial charge in [-0.1, -0.05) is 25.2 Å². The molecule has 1 aliphatic rings. The number of thiazole rings is 1. The van der Waals surface area contributed by atoms with Gasteiger partial charge in [-0.3, -0.25) is 9.59 Å². The van der Waals surface area contributed by atoms with Crippen LogP contribution in [0.1, 0.15) is 33.6 Å². The smallest absolute Gasteiger partial charge is 0.248 e. The maximum absolute atomic E-state index is 12.7. The van der Waals surface area contributed by atoms with Crippen molar-refractivity contribution in [3.63, 3.8) is 0 Å². The van der Waals surface area contributed by atoms with E-state index in [1.165, 1.54) is 22.6 Å². The summed E-state index contributed by atoms with van der Waals surface area (Å²) >= 11 is 1.21. The average molecular weight is 425 g/mol. The summed E-state index contributed by atoms with van der Waals surface area (Å²) in [7, 11) is -3.50. The lowest BCUT2D eigenvalue weighted by atomic mass is 10.0. The Kier molecular flexibility index (Phi) is 6.01. The largest absolute Gasteiger partial charge is 0.344 e. The monoisotopic (exact) mass is 424 g/mol. The number of carbonyl (C=O) groups is 2. The number of amides is 2. The summed E-state index contributed by atoms with van der Waals surface area (Å²) in [6, 6.07) is 4.13.